The summed E-state index contributed by atoms with van der Waals surface area (Å²) in [7, 11) is 0. The summed E-state index contributed by atoms with van der Waals surface area (Å²) in [5, 5.41) is 77.4. The van der Waals surface area contributed by atoms with Crippen LogP contribution in [0.25, 0.3) is 0 Å². The van der Waals surface area contributed by atoms with Gasteiger partial charge in [0, 0.05) is 0 Å². The second kappa shape index (κ2) is 9.09. The predicted molar refractivity (Wildman–Crippen MR) is 83.2 cm³/mol. The Balaban J connectivity index is 1.46. The third-order valence-electron chi connectivity index (χ3n) is 4.96. The minimum absolute atomic E-state index is 0.257. The zero-order chi connectivity index (χ0) is 20.6. The monoisotopic (exact) mass is 414 g/mol. The summed E-state index contributed by atoms with van der Waals surface area (Å²) < 4.78 is 25.8. The molecule has 1 unspecified atom stereocenters. The molecule has 13 heteroatoms. The summed E-state index contributed by atoms with van der Waals surface area (Å²) in [4.78, 5) is 0. The van der Waals surface area contributed by atoms with Crippen molar-refractivity contribution in [2.75, 3.05) is 19.8 Å². The smallest absolute Gasteiger partial charge is 0.186 e. The van der Waals surface area contributed by atoms with Crippen LogP contribution in [0.4, 0.5) is 0 Å². The zero-order valence-corrected chi connectivity index (χ0v) is 14.7. The van der Waals surface area contributed by atoms with E-state index in [0.29, 0.717) is 0 Å². The highest BCUT2D eigenvalue weighted by atomic mass is 16.7. The Morgan fingerprint density at radius 1 is 0.607 bits per heavy atom. The molecule has 0 aromatic carbocycles. The van der Waals surface area contributed by atoms with Crippen molar-refractivity contribution < 1.29 is 64.5 Å². The molecule has 0 radical (unpaired) electrons. The van der Waals surface area contributed by atoms with Gasteiger partial charge in [-0.3, -0.25) is 0 Å². The molecule has 0 aromatic rings. The first-order valence-corrected chi connectivity index (χ1v) is 8.81. The number of aliphatic hydroxyl groups is 8. The molecule has 3 heterocycles. The predicted octanol–water partition coefficient (Wildman–Crippen LogP) is -5.66. The van der Waals surface area contributed by atoms with E-state index in [1.807, 2.05) is 0 Å². The molecule has 0 bridgehead atoms. The Morgan fingerprint density at radius 3 is 1.75 bits per heavy atom. The molecule has 3 rings (SSSR count). The minimum atomic E-state index is -1.57. The Morgan fingerprint density at radius 2 is 1.14 bits per heavy atom. The van der Waals surface area contributed by atoms with Crippen LogP contribution in [-0.4, -0.2) is 134 Å². The molecular formula is C15H26O13. The van der Waals surface area contributed by atoms with E-state index < -0.39 is 73.8 Å². The van der Waals surface area contributed by atoms with Crippen LogP contribution < -0.4 is 0 Å². The number of hydrogen-bond acceptors (Lipinski definition) is 13. The molecule has 3 fully saturated rings. The summed E-state index contributed by atoms with van der Waals surface area (Å²) in [5.74, 6) is 0. The molecule has 0 aliphatic carbocycles. The molecule has 0 amide bonds. The second-order valence-corrected chi connectivity index (χ2v) is 6.99. The maximum atomic E-state index is 10.1. The van der Waals surface area contributed by atoms with Crippen molar-refractivity contribution >= 4 is 0 Å². The van der Waals surface area contributed by atoms with E-state index in [-0.39, 0.29) is 19.8 Å². The van der Waals surface area contributed by atoms with Crippen LogP contribution in [0.15, 0.2) is 0 Å². The van der Waals surface area contributed by atoms with Crippen molar-refractivity contribution in [1.29, 1.82) is 0 Å². The van der Waals surface area contributed by atoms with E-state index in [1.54, 1.807) is 0 Å². The lowest BCUT2D eigenvalue weighted by Crippen LogP contribution is -2.54. The molecule has 0 spiro atoms. The van der Waals surface area contributed by atoms with Gasteiger partial charge in [-0.2, -0.15) is 0 Å². The van der Waals surface area contributed by atoms with Gasteiger partial charge < -0.3 is 64.5 Å². The lowest BCUT2D eigenvalue weighted by atomic mass is 10.1. The maximum absolute atomic E-state index is 10.1. The first kappa shape index (κ1) is 22.2. The van der Waals surface area contributed by atoms with Crippen LogP contribution in [-0.2, 0) is 23.7 Å². The lowest BCUT2D eigenvalue weighted by molar-refractivity contribution is -0.279. The summed E-state index contributed by atoms with van der Waals surface area (Å²) in [6.07, 6.45) is -16.3. The Bertz CT molecular complexity index is 508. The molecular weight excluding hydrogens is 388 g/mol. The Hall–Kier alpha value is -0.520. The number of ether oxygens (including phenoxy) is 5. The van der Waals surface area contributed by atoms with Gasteiger partial charge in [-0.25, -0.2) is 0 Å². The maximum Gasteiger partial charge on any atom is 0.186 e. The van der Waals surface area contributed by atoms with E-state index in [1.165, 1.54) is 0 Å². The SMILES string of the molecule is OC1O[C@@H](CO[C@@H]2O[C@@H](CO[C@@H]3OC[C@@H](O)[C@H](O)[C@H]3O)[C@H](O)[C@H]2O)[C@H](O)[C@H]1O. The van der Waals surface area contributed by atoms with Gasteiger partial charge in [0.15, 0.2) is 18.9 Å². The van der Waals surface area contributed by atoms with E-state index in [9.17, 15) is 40.9 Å². The number of hydrogen-bond donors (Lipinski definition) is 8. The van der Waals surface area contributed by atoms with Gasteiger partial charge >= 0.3 is 0 Å². The average Bonchev–Trinajstić information content (AvgIpc) is 3.08. The Kier molecular flexibility index (Phi) is 7.20. The first-order chi connectivity index (χ1) is 13.2. The lowest BCUT2D eigenvalue weighted by Gasteiger charge is -2.35. The third-order valence-corrected chi connectivity index (χ3v) is 4.96. The molecule has 3 aliphatic rings. The first-order valence-electron chi connectivity index (χ1n) is 8.81. The van der Waals surface area contributed by atoms with E-state index >= 15 is 0 Å². The molecule has 164 valence electrons. The van der Waals surface area contributed by atoms with Crippen molar-refractivity contribution in [1.82, 2.24) is 0 Å². The van der Waals surface area contributed by atoms with Crippen LogP contribution in [0.5, 0.6) is 0 Å². The van der Waals surface area contributed by atoms with Gasteiger partial charge in [0.1, 0.15) is 54.9 Å². The Labute approximate surface area is 159 Å². The molecule has 0 saturated carbocycles. The molecule has 3 aliphatic heterocycles. The van der Waals surface area contributed by atoms with Crippen molar-refractivity contribution in [3.63, 3.8) is 0 Å². The summed E-state index contributed by atoms with van der Waals surface area (Å²) in [6.45, 7) is -0.929. The van der Waals surface area contributed by atoms with Crippen LogP contribution in [0.3, 0.4) is 0 Å². The van der Waals surface area contributed by atoms with Crippen molar-refractivity contribution in [2.24, 2.45) is 0 Å². The standard InChI is InChI=1S/C15H26O13/c16-4-1-24-14(11(21)7(4)17)25-3-6-9(19)12(22)15(28-6)26-2-5-8(18)10(20)13(23)27-5/h4-23H,1-3H2/t4-,5+,6+,7+,8+,9+,10-,11-,12-,13?,14+,15-/m1/s1. The van der Waals surface area contributed by atoms with Gasteiger partial charge in [-0.05, 0) is 0 Å². The number of aliphatic hydroxyl groups excluding tert-OH is 8. The average molecular weight is 414 g/mol. The highest BCUT2D eigenvalue weighted by Gasteiger charge is 2.47. The molecule has 13 nitrogen and oxygen atoms in total. The molecule has 28 heavy (non-hydrogen) atoms. The molecule has 12 atom stereocenters. The normalized spacial score (nSPS) is 52.3. The minimum Gasteiger partial charge on any atom is -0.388 e. The van der Waals surface area contributed by atoms with E-state index in [0.717, 1.165) is 0 Å². The molecule has 0 aromatic heterocycles. The summed E-state index contributed by atoms with van der Waals surface area (Å²) >= 11 is 0. The second-order valence-electron chi connectivity index (χ2n) is 6.99. The highest BCUT2D eigenvalue weighted by Crippen LogP contribution is 2.26. The van der Waals surface area contributed by atoms with Crippen molar-refractivity contribution in [2.45, 2.75) is 73.8 Å². The molecule has 3 saturated heterocycles. The third kappa shape index (κ3) is 4.46. The van der Waals surface area contributed by atoms with Crippen molar-refractivity contribution in [3.8, 4) is 0 Å². The van der Waals surface area contributed by atoms with Crippen LogP contribution in [0.2, 0.25) is 0 Å². The van der Waals surface area contributed by atoms with Crippen LogP contribution in [0.1, 0.15) is 0 Å². The number of rotatable bonds is 6. The van der Waals surface area contributed by atoms with Gasteiger partial charge in [0.25, 0.3) is 0 Å². The fourth-order valence-electron chi connectivity index (χ4n) is 3.16. The van der Waals surface area contributed by atoms with Crippen molar-refractivity contribution in [3.05, 3.63) is 0 Å². The molecule has 8 N–H and O–H groups in total. The fraction of sp³-hybridized carbons (Fsp3) is 1.00. The van der Waals surface area contributed by atoms with Crippen LogP contribution in [0, 0.1) is 0 Å². The topological polar surface area (TPSA) is 208 Å². The quantitative estimate of drug-likeness (QED) is 0.204. The van der Waals surface area contributed by atoms with Gasteiger partial charge in [-0.15, -0.1) is 0 Å². The van der Waals surface area contributed by atoms with E-state index in [2.05, 4.69) is 0 Å². The van der Waals surface area contributed by atoms with Gasteiger partial charge in [-0.1, -0.05) is 0 Å². The van der Waals surface area contributed by atoms with Crippen LogP contribution >= 0.6 is 0 Å². The van der Waals surface area contributed by atoms with E-state index in [4.69, 9.17) is 23.7 Å². The highest BCUT2D eigenvalue weighted by molar-refractivity contribution is 4.90. The van der Waals surface area contributed by atoms with Gasteiger partial charge in [0.05, 0.1) is 19.8 Å². The summed E-state index contributed by atoms with van der Waals surface area (Å²) in [5.41, 5.74) is 0. The fourth-order valence-corrected chi connectivity index (χ4v) is 3.16. The van der Waals surface area contributed by atoms with Gasteiger partial charge in [0.2, 0.25) is 0 Å². The summed E-state index contributed by atoms with van der Waals surface area (Å²) in [6, 6.07) is 0. The largest absolute Gasteiger partial charge is 0.388 e. The zero-order valence-electron chi connectivity index (χ0n) is 14.7.